The van der Waals surface area contributed by atoms with Crippen molar-refractivity contribution in [3.05, 3.63) is 34.3 Å². The first-order valence-electron chi connectivity index (χ1n) is 7.06. The zero-order valence-electron chi connectivity index (χ0n) is 12.3. The van der Waals surface area contributed by atoms with Crippen LogP contribution in [0.25, 0.3) is 0 Å². The summed E-state index contributed by atoms with van der Waals surface area (Å²) in [5.41, 5.74) is 1.43. The number of hydrogen-bond acceptors (Lipinski definition) is 2. The van der Waals surface area contributed by atoms with Crippen molar-refractivity contribution in [3.63, 3.8) is 0 Å². The second-order valence-electron chi connectivity index (χ2n) is 5.50. The molecule has 0 saturated carbocycles. The Balaban J connectivity index is 2.51. The summed E-state index contributed by atoms with van der Waals surface area (Å²) in [6.07, 6.45) is 4.64. The third-order valence-electron chi connectivity index (χ3n) is 3.18. The summed E-state index contributed by atoms with van der Waals surface area (Å²) in [5.74, 6) is 2.70. The standard InChI is InChI=1S/C16H26BrNS/c1-13(2)11-18-12-14(8-9-19-3)10-15-6-4-5-7-16(15)17/h4-7,13-14,18H,8-12H2,1-3H3. The van der Waals surface area contributed by atoms with E-state index in [2.05, 4.69) is 65.6 Å². The molecule has 0 aliphatic carbocycles. The highest BCUT2D eigenvalue weighted by atomic mass is 79.9. The summed E-state index contributed by atoms with van der Waals surface area (Å²) in [6.45, 7) is 6.77. The quantitative estimate of drug-likeness (QED) is 0.702. The first-order valence-corrected chi connectivity index (χ1v) is 9.25. The molecule has 0 aliphatic heterocycles. The molecule has 1 N–H and O–H groups in total. The van der Waals surface area contributed by atoms with Crippen molar-refractivity contribution in [1.82, 2.24) is 5.32 Å². The molecule has 0 bridgehead atoms. The Kier molecular flexibility index (Phi) is 8.84. The van der Waals surface area contributed by atoms with Crippen molar-refractivity contribution in [2.24, 2.45) is 11.8 Å². The first-order chi connectivity index (χ1) is 9.13. The number of rotatable bonds is 9. The van der Waals surface area contributed by atoms with Crippen molar-refractivity contribution in [1.29, 1.82) is 0 Å². The zero-order chi connectivity index (χ0) is 14.1. The molecule has 0 radical (unpaired) electrons. The van der Waals surface area contributed by atoms with Gasteiger partial charge >= 0.3 is 0 Å². The maximum atomic E-state index is 3.66. The number of nitrogens with one attached hydrogen (secondary N) is 1. The van der Waals surface area contributed by atoms with Crippen LogP contribution in [0.4, 0.5) is 0 Å². The van der Waals surface area contributed by atoms with Gasteiger partial charge in [-0.15, -0.1) is 0 Å². The van der Waals surface area contributed by atoms with Crippen LogP contribution in [0, 0.1) is 11.8 Å². The first kappa shape index (κ1) is 17.1. The molecule has 1 aromatic rings. The Morgan fingerprint density at radius 3 is 2.58 bits per heavy atom. The summed E-state index contributed by atoms with van der Waals surface area (Å²) in [5, 5.41) is 3.61. The molecule has 1 nitrogen and oxygen atoms in total. The largest absolute Gasteiger partial charge is 0.316 e. The van der Waals surface area contributed by atoms with Crippen LogP contribution in [-0.4, -0.2) is 25.1 Å². The van der Waals surface area contributed by atoms with Crippen LogP contribution in [0.3, 0.4) is 0 Å². The van der Waals surface area contributed by atoms with E-state index in [1.165, 1.54) is 22.2 Å². The molecule has 0 aliphatic rings. The molecule has 108 valence electrons. The lowest BCUT2D eigenvalue weighted by Gasteiger charge is -2.19. The summed E-state index contributed by atoms with van der Waals surface area (Å²) in [4.78, 5) is 0. The molecule has 0 heterocycles. The Bertz CT molecular complexity index is 354. The number of thioether (sulfide) groups is 1. The highest BCUT2D eigenvalue weighted by Gasteiger charge is 2.11. The summed E-state index contributed by atoms with van der Waals surface area (Å²) in [7, 11) is 0. The Morgan fingerprint density at radius 2 is 1.95 bits per heavy atom. The van der Waals surface area contributed by atoms with Crippen molar-refractivity contribution < 1.29 is 0 Å². The molecule has 1 aromatic carbocycles. The van der Waals surface area contributed by atoms with Crippen LogP contribution >= 0.6 is 27.7 Å². The molecule has 0 spiro atoms. The molecule has 3 heteroatoms. The molecule has 1 rings (SSSR count). The molecule has 0 aromatic heterocycles. The molecule has 0 saturated heterocycles. The lowest BCUT2D eigenvalue weighted by molar-refractivity contribution is 0.439. The second-order valence-corrected chi connectivity index (χ2v) is 7.34. The van der Waals surface area contributed by atoms with Gasteiger partial charge in [0.15, 0.2) is 0 Å². The van der Waals surface area contributed by atoms with Crippen LogP contribution in [0.5, 0.6) is 0 Å². The number of halogens is 1. The highest BCUT2D eigenvalue weighted by Crippen LogP contribution is 2.21. The SMILES string of the molecule is CSCCC(CNCC(C)C)Cc1ccccc1Br. The van der Waals surface area contributed by atoms with Gasteiger partial charge in [-0.2, -0.15) is 11.8 Å². The fourth-order valence-corrected chi connectivity index (χ4v) is 3.13. The van der Waals surface area contributed by atoms with Gasteiger partial charge in [-0.3, -0.25) is 0 Å². The minimum absolute atomic E-state index is 0.727. The van der Waals surface area contributed by atoms with Crippen LogP contribution < -0.4 is 5.32 Å². The van der Waals surface area contributed by atoms with E-state index in [1.54, 1.807) is 0 Å². The van der Waals surface area contributed by atoms with E-state index >= 15 is 0 Å². The lowest BCUT2D eigenvalue weighted by atomic mass is 9.96. The Labute approximate surface area is 131 Å². The van der Waals surface area contributed by atoms with Gasteiger partial charge in [0.1, 0.15) is 0 Å². The average Bonchev–Trinajstić information content (AvgIpc) is 2.37. The van der Waals surface area contributed by atoms with E-state index in [0.717, 1.165) is 31.3 Å². The number of benzene rings is 1. The molecule has 0 amide bonds. The minimum Gasteiger partial charge on any atom is -0.316 e. The van der Waals surface area contributed by atoms with E-state index < -0.39 is 0 Å². The van der Waals surface area contributed by atoms with Gasteiger partial charge < -0.3 is 5.32 Å². The van der Waals surface area contributed by atoms with Gasteiger partial charge in [0.05, 0.1) is 0 Å². The van der Waals surface area contributed by atoms with E-state index in [0.29, 0.717) is 0 Å². The van der Waals surface area contributed by atoms with Crippen molar-refractivity contribution in [2.75, 3.05) is 25.1 Å². The normalized spacial score (nSPS) is 12.9. The van der Waals surface area contributed by atoms with Crippen molar-refractivity contribution >= 4 is 27.7 Å². The van der Waals surface area contributed by atoms with E-state index in [-0.39, 0.29) is 0 Å². The van der Waals surface area contributed by atoms with E-state index in [1.807, 2.05) is 11.8 Å². The summed E-state index contributed by atoms with van der Waals surface area (Å²) in [6, 6.07) is 8.59. The third kappa shape index (κ3) is 7.38. The zero-order valence-corrected chi connectivity index (χ0v) is 14.7. The van der Waals surface area contributed by atoms with Gasteiger partial charge in [-0.05, 0) is 61.4 Å². The summed E-state index contributed by atoms with van der Waals surface area (Å²) < 4.78 is 1.24. The predicted octanol–water partition coefficient (Wildman–Crippen LogP) is 4.61. The maximum absolute atomic E-state index is 3.66. The van der Waals surface area contributed by atoms with Gasteiger partial charge in [0, 0.05) is 4.47 Å². The smallest absolute Gasteiger partial charge is 0.0207 e. The van der Waals surface area contributed by atoms with Crippen molar-refractivity contribution in [3.8, 4) is 0 Å². The monoisotopic (exact) mass is 343 g/mol. The molecule has 19 heavy (non-hydrogen) atoms. The number of hydrogen-bond donors (Lipinski definition) is 1. The van der Waals surface area contributed by atoms with E-state index in [9.17, 15) is 0 Å². The maximum Gasteiger partial charge on any atom is 0.0207 e. The molecular weight excluding hydrogens is 318 g/mol. The van der Waals surface area contributed by atoms with E-state index in [4.69, 9.17) is 0 Å². The molecule has 0 fully saturated rings. The van der Waals surface area contributed by atoms with Crippen LogP contribution in [0.2, 0.25) is 0 Å². The average molecular weight is 344 g/mol. The van der Waals surface area contributed by atoms with Gasteiger partial charge in [-0.1, -0.05) is 48.0 Å². The topological polar surface area (TPSA) is 12.0 Å². The van der Waals surface area contributed by atoms with Crippen LogP contribution in [0.15, 0.2) is 28.7 Å². The predicted molar refractivity (Wildman–Crippen MR) is 92.0 cm³/mol. The molecule has 1 unspecified atom stereocenters. The lowest BCUT2D eigenvalue weighted by Crippen LogP contribution is -2.28. The Morgan fingerprint density at radius 1 is 1.21 bits per heavy atom. The molecule has 1 atom stereocenters. The van der Waals surface area contributed by atoms with Crippen molar-refractivity contribution in [2.45, 2.75) is 26.7 Å². The second kappa shape index (κ2) is 9.84. The van der Waals surface area contributed by atoms with Crippen LogP contribution in [0.1, 0.15) is 25.8 Å². The van der Waals surface area contributed by atoms with Crippen LogP contribution in [-0.2, 0) is 6.42 Å². The Hall–Kier alpha value is 0.01000. The third-order valence-corrected chi connectivity index (χ3v) is 4.60. The van der Waals surface area contributed by atoms with Gasteiger partial charge in [0.25, 0.3) is 0 Å². The van der Waals surface area contributed by atoms with Gasteiger partial charge in [-0.25, -0.2) is 0 Å². The summed E-state index contributed by atoms with van der Waals surface area (Å²) >= 11 is 5.60. The highest BCUT2D eigenvalue weighted by molar-refractivity contribution is 9.10. The minimum atomic E-state index is 0.727. The molecular formula is C16H26BrNS. The fraction of sp³-hybridized carbons (Fsp3) is 0.625. The fourth-order valence-electron chi connectivity index (χ4n) is 2.11. The van der Waals surface area contributed by atoms with Gasteiger partial charge in [0.2, 0.25) is 0 Å².